The molecule has 0 bridgehead atoms. The van der Waals surface area contributed by atoms with Gasteiger partial charge in [0.2, 0.25) is 11.8 Å². The molecule has 0 unspecified atom stereocenters. The van der Waals surface area contributed by atoms with Gasteiger partial charge in [0.1, 0.15) is 24.2 Å². The van der Waals surface area contributed by atoms with Crippen LogP contribution in [-0.2, 0) is 26.2 Å². The maximum absolute atomic E-state index is 14.6. The third-order valence-electron chi connectivity index (χ3n) is 5.92. The van der Waals surface area contributed by atoms with Gasteiger partial charge in [-0.3, -0.25) is 13.9 Å². The summed E-state index contributed by atoms with van der Waals surface area (Å²) in [5.41, 5.74) is 0.333. The van der Waals surface area contributed by atoms with E-state index in [1.54, 1.807) is 32.0 Å². The highest BCUT2D eigenvalue weighted by atomic mass is 35.5. The van der Waals surface area contributed by atoms with Crippen molar-refractivity contribution < 1.29 is 27.1 Å². The molecule has 1 atom stereocenters. The van der Waals surface area contributed by atoms with Gasteiger partial charge in [-0.05, 0) is 69.3 Å². The first kappa shape index (κ1) is 29.9. The Morgan fingerprint density at radius 2 is 1.67 bits per heavy atom. The van der Waals surface area contributed by atoms with Gasteiger partial charge in [0.15, 0.2) is 0 Å². The summed E-state index contributed by atoms with van der Waals surface area (Å²) in [6.45, 7) is 4.15. The predicted octanol–water partition coefficient (Wildman–Crippen LogP) is 4.62. The number of hydrogen-bond acceptors (Lipinski definition) is 5. The SMILES string of the molecule is COc1ccc(S(=O)(=O)N(CC(=O)N(Cc2ccccc2F)[C@H](C)C(=O)NC(C)C)c2cccc(Cl)c2)cc1. The maximum atomic E-state index is 14.6. The van der Waals surface area contributed by atoms with Crippen molar-refractivity contribution in [1.29, 1.82) is 0 Å². The molecule has 11 heteroatoms. The molecule has 0 aliphatic carbocycles. The van der Waals surface area contributed by atoms with Crippen LogP contribution in [0.3, 0.4) is 0 Å². The lowest BCUT2D eigenvalue weighted by Gasteiger charge is -2.32. The second kappa shape index (κ2) is 12.9. The molecule has 208 valence electrons. The van der Waals surface area contributed by atoms with E-state index in [1.165, 1.54) is 68.6 Å². The number of nitrogens with zero attached hydrogens (tertiary/aromatic N) is 2. The smallest absolute Gasteiger partial charge is 0.264 e. The van der Waals surface area contributed by atoms with Crippen molar-refractivity contribution in [1.82, 2.24) is 10.2 Å². The van der Waals surface area contributed by atoms with E-state index in [0.717, 1.165) is 9.21 Å². The van der Waals surface area contributed by atoms with E-state index in [2.05, 4.69) is 5.32 Å². The standard InChI is InChI=1S/C28H31ClFN3O5S/c1-19(2)31-28(35)20(3)32(17-21-8-5-6-11-26(21)30)27(34)18-33(23-10-7-9-22(29)16-23)39(36,37)25-14-12-24(38-4)13-15-25/h5-16,19-20H,17-18H2,1-4H3,(H,31,35)/t20-/m1/s1. The minimum absolute atomic E-state index is 0.0812. The number of rotatable bonds is 11. The maximum Gasteiger partial charge on any atom is 0.264 e. The van der Waals surface area contributed by atoms with Crippen LogP contribution in [-0.4, -0.2) is 50.9 Å². The Hall–Kier alpha value is -3.63. The summed E-state index contributed by atoms with van der Waals surface area (Å²) >= 11 is 6.16. The summed E-state index contributed by atoms with van der Waals surface area (Å²) in [6.07, 6.45) is 0. The number of carbonyl (C=O) groups is 2. The second-order valence-electron chi connectivity index (χ2n) is 9.12. The quantitative estimate of drug-likeness (QED) is 0.360. The number of hydrogen-bond donors (Lipinski definition) is 1. The Morgan fingerprint density at radius 1 is 1.00 bits per heavy atom. The van der Waals surface area contributed by atoms with E-state index in [4.69, 9.17) is 16.3 Å². The fourth-order valence-corrected chi connectivity index (χ4v) is 5.42. The molecule has 0 aliphatic rings. The molecule has 0 fully saturated rings. The number of anilines is 1. The summed E-state index contributed by atoms with van der Waals surface area (Å²) in [5.74, 6) is -1.26. The average molecular weight is 576 g/mol. The summed E-state index contributed by atoms with van der Waals surface area (Å²) in [4.78, 5) is 27.8. The molecule has 0 aliphatic heterocycles. The van der Waals surface area contributed by atoms with E-state index >= 15 is 0 Å². The predicted molar refractivity (Wildman–Crippen MR) is 149 cm³/mol. The molecular formula is C28H31ClFN3O5S. The molecule has 3 rings (SSSR count). The molecule has 0 spiro atoms. The molecule has 3 aromatic rings. The molecule has 0 radical (unpaired) electrons. The molecule has 39 heavy (non-hydrogen) atoms. The van der Waals surface area contributed by atoms with Crippen LogP contribution in [0.2, 0.25) is 5.02 Å². The molecule has 8 nitrogen and oxygen atoms in total. The highest BCUT2D eigenvalue weighted by Gasteiger charge is 2.33. The number of halogens is 2. The fourth-order valence-electron chi connectivity index (χ4n) is 3.83. The molecule has 3 aromatic carbocycles. The molecule has 2 amide bonds. The van der Waals surface area contributed by atoms with Crippen molar-refractivity contribution in [2.45, 2.75) is 44.3 Å². The number of nitrogens with one attached hydrogen (secondary N) is 1. The van der Waals surface area contributed by atoms with Crippen LogP contribution in [0.15, 0.2) is 77.7 Å². The van der Waals surface area contributed by atoms with Crippen molar-refractivity contribution in [2.24, 2.45) is 0 Å². The zero-order valence-corrected chi connectivity index (χ0v) is 23.7. The highest BCUT2D eigenvalue weighted by molar-refractivity contribution is 7.92. The van der Waals surface area contributed by atoms with Gasteiger partial charge in [-0.2, -0.15) is 0 Å². The number of benzene rings is 3. The van der Waals surface area contributed by atoms with Crippen LogP contribution in [0, 0.1) is 5.82 Å². The van der Waals surface area contributed by atoms with Crippen LogP contribution in [0.1, 0.15) is 26.3 Å². The number of ether oxygens (including phenoxy) is 1. The third-order valence-corrected chi connectivity index (χ3v) is 7.94. The minimum atomic E-state index is -4.27. The average Bonchev–Trinajstić information content (AvgIpc) is 2.90. The zero-order chi connectivity index (χ0) is 28.7. The van der Waals surface area contributed by atoms with Gasteiger partial charge in [-0.1, -0.05) is 35.9 Å². The fraction of sp³-hybridized carbons (Fsp3) is 0.286. The van der Waals surface area contributed by atoms with Crippen molar-refractivity contribution in [3.63, 3.8) is 0 Å². The van der Waals surface area contributed by atoms with Crippen molar-refractivity contribution in [2.75, 3.05) is 18.0 Å². The Bertz CT molecular complexity index is 1420. The molecule has 0 aromatic heterocycles. The van der Waals surface area contributed by atoms with Crippen molar-refractivity contribution in [3.05, 3.63) is 89.2 Å². The van der Waals surface area contributed by atoms with Gasteiger partial charge in [-0.25, -0.2) is 12.8 Å². The molecular weight excluding hydrogens is 545 g/mol. The van der Waals surface area contributed by atoms with Crippen LogP contribution in [0.4, 0.5) is 10.1 Å². The minimum Gasteiger partial charge on any atom is -0.497 e. The zero-order valence-electron chi connectivity index (χ0n) is 22.1. The van der Waals surface area contributed by atoms with Crippen LogP contribution < -0.4 is 14.4 Å². The lowest BCUT2D eigenvalue weighted by Crippen LogP contribution is -2.52. The van der Waals surface area contributed by atoms with E-state index in [0.29, 0.717) is 5.75 Å². The topological polar surface area (TPSA) is 96.0 Å². The first-order valence-corrected chi connectivity index (χ1v) is 14.0. The third kappa shape index (κ3) is 7.48. The number of amides is 2. The highest BCUT2D eigenvalue weighted by Crippen LogP contribution is 2.28. The number of carbonyl (C=O) groups excluding carboxylic acids is 2. The van der Waals surface area contributed by atoms with Gasteiger partial charge in [0, 0.05) is 23.2 Å². The summed E-state index contributed by atoms with van der Waals surface area (Å²) in [6, 6.07) is 16.5. The largest absolute Gasteiger partial charge is 0.497 e. The summed E-state index contributed by atoms with van der Waals surface area (Å²) in [7, 11) is -2.81. The molecule has 1 N–H and O–H groups in total. The number of methoxy groups -OCH3 is 1. The Labute approximate surface area is 233 Å². The van der Waals surface area contributed by atoms with Crippen LogP contribution in [0.5, 0.6) is 5.75 Å². The van der Waals surface area contributed by atoms with E-state index in [1.807, 2.05) is 0 Å². The van der Waals surface area contributed by atoms with Gasteiger partial charge < -0.3 is 15.0 Å². The Kier molecular flexibility index (Phi) is 9.93. The lowest BCUT2D eigenvalue weighted by atomic mass is 10.1. The lowest BCUT2D eigenvalue weighted by molar-refractivity contribution is -0.139. The Balaban J connectivity index is 2.04. The molecule has 0 saturated carbocycles. The number of sulfonamides is 1. The van der Waals surface area contributed by atoms with Gasteiger partial charge in [0.05, 0.1) is 17.7 Å². The normalized spacial score (nSPS) is 12.1. The van der Waals surface area contributed by atoms with Gasteiger partial charge in [-0.15, -0.1) is 0 Å². The molecule has 0 heterocycles. The van der Waals surface area contributed by atoms with Gasteiger partial charge >= 0.3 is 0 Å². The van der Waals surface area contributed by atoms with E-state index in [9.17, 15) is 22.4 Å². The first-order valence-electron chi connectivity index (χ1n) is 12.2. The molecule has 0 saturated heterocycles. The Morgan fingerprint density at radius 3 is 2.26 bits per heavy atom. The summed E-state index contributed by atoms with van der Waals surface area (Å²) < 4.78 is 48.2. The van der Waals surface area contributed by atoms with E-state index in [-0.39, 0.29) is 33.8 Å². The second-order valence-corrected chi connectivity index (χ2v) is 11.4. The van der Waals surface area contributed by atoms with E-state index < -0.39 is 40.2 Å². The van der Waals surface area contributed by atoms with Crippen LogP contribution >= 0.6 is 11.6 Å². The monoisotopic (exact) mass is 575 g/mol. The first-order chi connectivity index (χ1) is 18.4. The van der Waals surface area contributed by atoms with Crippen molar-refractivity contribution in [3.8, 4) is 5.75 Å². The van der Waals surface area contributed by atoms with Crippen LogP contribution in [0.25, 0.3) is 0 Å². The van der Waals surface area contributed by atoms with Gasteiger partial charge in [0.25, 0.3) is 10.0 Å². The summed E-state index contributed by atoms with van der Waals surface area (Å²) in [5, 5.41) is 3.02. The van der Waals surface area contributed by atoms with Crippen molar-refractivity contribution >= 4 is 39.1 Å².